The number of urea groups is 1. The van der Waals surface area contributed by atoms with Gasteiger partial charge in [0.15, 0.2) is 0 Å². The number of fused-ring (bicyclic) bond motifs is 1. The lowest BCUT2D eigenvalue weighted by molar-refractivity contribution is 0.201. The fourth-order valence-corrected chi connectivity index (χ4v) is 3.15. The van der Waals surface area contributed by atoms with Gasteiger partial charge in [-0.2, -0.15) is 0 Å². The van der Waals surface area contributed by atoms with Crippen molar-refractivity contribution in [2.24, 2.45) is 0 Å². The topological polar surface area (TPSA) is 35.6 Å². The van der Waals surface area contributed by atoms with Crippen molar-refractivity contribution in [2.75, 3.05) is 26.7 Å². The molecule has 0 unspecified atom stereocenters. The van der Waals surface area contributed by atoms with E-state index in [4.69, 9.17) is 0 Å². The highest BCUT2D eigenvalue weighted by atomic mass is 19.1. The van der Waals surface area contributed by atoms with Gasteiger partial charge in [-0.1, -0.05) is 42.5 Å². The Hall–Kier alpha value is -2.40. The van der Waals surface area contributed by atoms with Crippen molar-refractivity contribution < 1.29 is 9.18 Å². The maximum Gasteiger partial charge on any atom is 0.317 e. The number of hydrogen-bond donors (Lipinski definition) is 1. The summed E-state index contributed by atoms with van der Waals surface area (Å²) < 4.78 is 13.7. The Balaban J connectivity index is 1.43. The minimum atomic E-state index is -0.283. The monoisotopic (exact) mass is 341 g/mol. The Kier molecular flexibility index (Phi) is 5.66. The van der Waals surface area contributed by atoms with Crippen molar-refractivity contribution in [2.45, 2.75) is 19.5 Å². The molecule has 1 N–H and O–H groups in total. The highest BCUT2D eigenvalue weighted by molar-refractivity contribution is 5.73. The second-order valence-electron chi connectivity index (χ2n) is 6.47. The third kappa shape index (κ3) is 4.57. The van der Waals surface area contributed by atoms with Crippen LogP contribution in [-0.2, 0) is 19.5 Å². The van der Waals surface area contributed by atoms with Crippen LogP contribution in [0.25, 0.3) is 0 Å². The smallest absolute Gasteiger partial charge is 0.317 e. The van der Waals surface area contributed by atoms with Gasteiger partial charge < -0.3 is 10.2 Å². The number of benzene rings is 2. The van der Waals surface area contributed by atoms with E-state index in [9.17, 15) is 9.18 Å². The lowest BCUT2D eigenvalue weighted by Gasteiger charge is -2.29. The summed E-state index contributed by atoms with van der Waals surface area (Å²) in [6.07, 6.45) is 1.05. The van der Waals surface area contributed by atoms with Crippen molar-refractivity contribution >= 4 is 6.03 Å². The molecular formula is C20H24FN3O. The van der Waals surface area contributed by atoms with Crippen LogP contribution in [0.2, 0.25) is 0 Å². The third-order valence-corrected chi connectivity index (χ3v) is 4.63. The lowest BCUT2D eigenvalue weighted by Crippen LogP contribution is -2.42. The molecule has 0 bridgehead atoms. The van der Waals surface area contributed by atoms with Crippen LogP contribution in [-0.4, -0.2) is 42.5 Å². The van der Waals surface area contributed by atoms with E-state index in [0.717, 1.165) is 26.1 Å². The maximum absolute atomic E-state index is 13.7. The Bertz CT molecular complexity index is 734. The highest BCUT2D eigenvalue weighted by Gasteiger charge is 2.16. The Morgan fingerprint density at radius 3 is 2.68 bits per heavy atom. The molecule has 0 spiro atoms. The molecule has 1 aliphatic heterocycles. The van der Waals surface area contributed by atoms with Crippen LogP contribution in [0.3, 0.4) is 0 Å². The molecule has 0 fully saturated rings. The summed E-state index contributed by atoms with van der Waals surface area (Å²) >= 11 is 0. The van der Waals surface area contributed by atoms with Gasteiger partial charge >= 0.3 is 6.03 Å². The molecule has 0 aromatic heterocycles. The first kappa shape index (κ1) is 17.4. The molecule has 2 aromatic carbocycles. The summed E-state index contributed by atoms with van der Waals surface area (Å²) in [4.78, 5) is 16.0. The number of carbonyl (C=O) groups excluding carboxylic acids is 1. The maximum atomic E-state index is 13.7. The molecule has 0 radical (unpaired) electrons. The molecule has 0 saturated carbocycles. The minimum Gasteiger partial charge on any atom is -0.337 e. The van der Waals surface area contributed by atoms with Gasteiger partial charge in [0, 0.05) is 45.3 Å². The molecule has 132 valence electrons. The normalized spacial score (nSPS) is 14.0. The predicted octanol–water partition coefficient (Wildman–Crippen LogP) is 3.03. The molecule has 0 aliphatic carbocycles. The van der Waals surface area contributed by atoms with Crippen LogP contribution >= 0.6 is 0 Å². The summed E-state index contributed by atoms with van der Waals surface area (Å²) in [6, 6.07) is 14.9. The lowest BCUT2D eigenvalue weighted by atomic mass is 10.00. The van der Waals surface area contributed by atoms with Crippen LogP contribution < -0.4 is 5.32 Å². The zero-order valence-corrected chi connectivity index (χ0v) is 14.5. The predicted molar refractivity (Wildman–Crippen MR) is 96.7 cm³/mol. The molecule has 1 heterocycles. The molecule has 5 heteroatoms. The number of hydrogen-bond acceptors (Lipinski definition) is 2. The first-order valence-electron chi connectivity index (χ1n) is 8.65. The SMILES string of the molecule is CN(Cc1ccccc1F)C(=O)NCCN1CCc2ccccc2C1. The number of halogens is 1. The van der Waals surface area contributed by atoms with E-state index in [0.29, 0.717) is 12.1 Å². The molecule has 25 heavy (non-hydrogen) atoms. The van der Waals surface area contributed by atoms with Crippen LogP contribution in [0.15, 0.2) is 48.5 Å². The molecule has 4 nitrogen and oxygen atoms in total. The summed E-state index contributed by atoms with van der Waals surface area (Å²) in [5, 5.41) is 2.92. The van der Waals surface area contributed by atoms with Crippen molar-refractivity contribution in [3.63, 3.8) is 0 Å². The van der Waals surface area contributed by atoms with Crippen molar-refractivity contribution in [1.82, 2.24) is 15.1 Å². The van der Waals surface area contributed by atoms with Crippen molar-refractivity contribution in [1.29, 1.82) is 0 Å². The van der Waals surface area contributed by atoms with E-state index in [1.54, 1.807) is 25.2 Å². The van der Waals surface area contributed by atoms with Crippen molar-refractivity contribution in [3.05, 3.63) is 71.0 Å². The van der Waals surface area contributed by atoms with Gasteiger partial charge in [0.05, 0.1) is 0 Å². The fourth-order valence-electron chi connectivity index (χ4n) is 3.15. The number of nitrogens with one attached hydrogen (secondary N) is 1. The number of rotatable bonds is 5. The van der Waals surface area contributed by atoms with Gasteiger partial charge in [0.1, 0.15) is 5.82 Å². The Morgan fingerprint density at radius 2 is 1.88 bits per heavy atom. The molecule has 0 saturated heterocycles. The molecule has 3 rings (SSSR count). The quantitative estimate of drug-likeness (QED) is 0.907. The van der Waals surface area contributed by atoms with E-state index in [-0.39, 0.29) is 18.4 Å². The van der Waals surface area contributed by atoms with E-state index in [2.05, 4.69) is 34.5 Å². The second kappa shape index (κ2) is 8.12. The minimum absolute atomic E-state index is 0.180. The van der Waals surface area contributed by atoms with E-state index in [1.807, 2.05) is 0 Å². The zero-order chi connectivity index (χ0) is 17.6. The van der Waals surface area contributed by atoms with Gasteiger partial charge in [0.2, 0.25) is 0 Å². The standard InChI is InChI=1S/C20H24FN3O/c1-23(14-18-8-4-5-9-19(18)21)20(25)22-11-13-24-12-10-16-6-2-3-7-17(16)15-24/h2-9H,10-15H2,1H3,(H,22,25). The summed E-state index contributed by atoms with van der Waals surface area (Å²) in [6.45, 7) is 3.60. The second-order valence-corrected chi connectivity index (χ2v) is 6.47. The molecule has 2 amide bonds. The number of amides is 2. The van der Waals surface area contributed by atoms with Gasteiger partial charge in [0.25, 0.3) is 0 Å². The molecule has 0 atom stereocenters. The van der Waals surface area contributed by atoms with E-state index >= 15 is 0 Å². The highest BCUT2D eigenvalue weighted by Crippen LogP contribution is 2.17. The van der Waals surface area contributed by atoms with Gasteiger partial charge in [-0.15, -0.1) is 0 Å². The van der Waals surface area contributed by atoms with E-state index in [1.165, 1.54) is 22.1 Å². The first-order chi connectivity index (χ1) is 12.1. The average Bonchev–Trinajstić information content (AvgIpc) is 2.63. The molecule has 1 aliphatic rings. The van der Waals surface area contributed by atoms with E-state index < -0.39 is 0 Å². The first-order valence-corrected chi connectivity index (χ1v) is 8.65. The summed E-state index contributed by atoms with van der Waals surface area (Å²) in [7, 11) is 1.68. The van der Waals surface area contributed by atoms with Crippen molar-refractivity contribution in [3.8, 4) is 0 Å². The summed E-state index contributed by atoms with van der Waals surface area (Å²) in [5.41, 5.74) is 3.32. The zero-order valence-electron chi connectivity index (χ0n) is 14.5. The number of carbonyl (C=O) groups is 1. The van der Waals surface area contributed by atoms with Crippen LogP contribution in [0.4, 0.5) is 9.18 Å². The Morgan fingerprint density at radius 1 is 1.16 bits per heavy atom. The largest absolute Gasteiger partial charge is 0.337 e. The fraction of sp³-hybridized carbons (Fsp3) is 0.350. The van der Waals surface area contributed by atoms with Crippen LogP contribution in [0.1, 0.15) is 16.7 Å². The van der Waals surface area contributed by atoms with Crippen LogP contribution in [0.5, 0.6) is 0 Å². The number of nitrogens with zero attached hydrogens (tertiary/aromatic N) is 2. The molecule has 2 aromatic rings. The van der Waals surface area contributed by atoms with Gasteiger partial charge in [-0.3, -0.25) is 4.90 Å². The van der Waals surface area contributed by atoms with Gasteiger partial charge in [-0.05, 0) is 23.6 Å². The van der Waals surface area contributed by atoms with Crippen LogP contribution in [0, 0.1) is 5.82 Å². The third-order valence-electron chi connectivity index (χ3n) is 4.63. The Labute approximate surface area is 148 Å². The summed E-state index contributed by atoms with van der Waals surface area (Å²) in [5.74, 6) is -0.283. The average molecular weight is 341 g/mol. The molecular weight excluding hydrogens is 317 g/mol. The van der Waals surface area contributed by atoms with Gasteiger partial charge in [-0.25, -0.2) is 9.18 Å².